The Morgan fingerprint density at radius 1 is 1.13 bits per heavy atom. The van der Waals surface area contributed by atoms with Crippen molar-refractivity contribution >= 4 is 17.4 Å². The van der Waals surface area contributed by atoms with Crippen molar-refractivity contribution in [3.63, 3.8) is 0 Å². The number of amides is 1. The van der Waals surface area contributed by atoms with Crippen LogP contribution in [-0.4, -0.2) is 39.2 Å². The predicted molar refractivity (Wildman–Crippen MR) is 111 cm³/mol. The van der Waals surface area contributed by atoms with Crippen LogP contribution in [-0.2, 0) is 28.9 Å². The molecule has 2 heterocycles. The van der Waals surface area contributed by atoms with E-state index in [0.29, 0.717) is 17.6 Å². The summed E-state index contributed by atoms with van der Waals surface area (Å²) < 4.78 is 8.16. The number of aryl methyl sites for hydroxylation is 2. The van der Waals surface area contributed by atoms with Gasteiger partial charge in [0, 0.05) is 23.5 Å². The van der Waals surface area contributed by atoms with Gasteiger partial charge in [0.2, 0.25) is 0 Å². The highest BCUT2D eigenvalue weighted by atomic mass is 16.5. The van der Waals surface area contributed by atoms with Crippen molar-refractivity contribution in [1.82, 2.24) is 19.5 Å². The molecule has 0 unspecified atom stereocenters. The van der Waals surface area contributed by atoms with Crippen molar-refractivity contribution < 1.29 is 14.3 Å². The first-order valence-electron chi connectivity index (χ1n) is 10.2. The largest absolute Gasteiger partial charge is 0.465 e. The third kappa shape index (κ3) is 3.98. The average Bonchev–Trinajstić information content (AvgIpc) is 3.14. The molecule has 0 saturated carbocycles. The Hall–Kier alpha value is -3.42. The standard InChI is InChI=1S/C22H24N4O4/c1-2-30-19(27)13-23-21(28)16-9-7-15(8-10-16)14-25-11-12-26-20(22(25)29)17-5-3-4-6-18(17)24-26/h7-12H,2-6,13-14H2,1H3,(H,23,28). The highest BCUT2D eigenvalue weighted by Gasteiger charge is 2.19. The molecule has 4 rings (SSSR count). The Morgan fingerprint density at radius 2 is 1.90 bits per heavy atom. The Kier molecular flexibility index (Phi) is 5.65. The Balaban J connectivity index is 1.49. The third-order valence-electron chi connectivity index (χ3n) is 5.30. The van der Waals surface area contributed by atoms with Gasteiger partial charge in [0.25, 0.3) is 11.5 Å². The molecule has 1 aliphatic rings. The van der Waals surface area contributed by atoms with Crippen molar-refractivity contribution in [1.29, 1.82) is 0 Å². The fraction of sp³-hybridized carbons (Fsp3) is 0.364. The van der Waals surface area contributed by atoms with Crippen LogP contribution < -0.4 is 10.9 Å². The molecule has 8 heteroatoms. The van der Waals surface area contributed by atoms with Crippen LogP contribution in [0.5, 0.6) is 0 Å². The van der Waals surface area contributed by atoms with Crippen LogP contribution in [0, 0.1) is 0 Å². The minimum atomic E-state index is -0.473. The Labute approximate surface area is 173 Å². The van der Waals surface area contributed by atoms with Gasteiger partial charge >= 0.3 is 5.97 Å². The van der Waals surface area contributed by atoms with Crippen LogP contribution in [0.15, 0.2) is 41.5 Å². The number of ether oxygens (including phenoxy) is 1. The summed E-state index contributed by atoms with van der Waals surface area (Å²) in [6.45, 7) is 2.22. The van der Waals surface area contributed by atoms with Gasteiger partial charge in [0.15, 0.2) is 0 Å². The molecule has 0 bridgehead atoms. The number of fused-ring (bicyclic) bond motifs is 3. The average molecular weight is 408 g/mol. The van der Waals surface area contributed by atoms with Gasteiger partial charge in [0.1, 0.15) is 12.1 Å². The lowest BCUT2D eigenvalue weighted by atomic mass is 9.97. The number of aromatic nitrogens is 3. The van der Waals surface area contributed by atoms with Gasteiger partial charge in [-0.05, 0) is 50.3 Å². The van der Waals surface area contributed by atoms with Crippen molar-refractivity contribution in [2.45, 2.75) is 39.2 Å². The summed E-state index contributed by atoms with van der Waals surface area (Å²) in [5, 5.41) is 7.09. The van der Waals surface area contributed by atoms with Crippen LogP contribution in [0.3, 0.4) is 0 Å². The van der Waals surface area contributed by atoms with Crippen molar-refractivity contribution in [2.75, 3.05) is 13.2 Å². The topological polar surface area (TPSA) is 94.7 Å². The number of hydrogen-bond donors (Lipinski definition) is 1. The molecule has 0 spiro atoms. The molecule has 1 amide bonds. The van der Waals surface area contributed by atoms with Crippen LogP contribution >= 0.6 is 0 Å². The maximum atomic E-state index is 13.0. The molecule has 8 nitrogen and oxygen atoms in total. The summed E-state index contributed by atoms with van der Waals surface area (Å²) in [6.07, 6.45) is 7.59. The number of esters is 1. The lowest BCUT2D eigenvalue weighted by Gasteiger charge is -2.10. The molecule has 1 aliphatic carbocycles. The van der Waals surface area contributed by atoms with Crippen LogP contribution in [0.25, 0.3) is 5.52 Å². The Bertz CT molecular complexity index is 1140. The summed E-state index contributed by atoms with van der Waals surface area (Å²) in [6, 6.07) is 6.98. The zero-order chi connectivity index (χ0) is 21.1. The van der Waals surface area contributed by atoms with Crippen molar-refractivity contribution in [2.24, 2.45) is 0 Å². The van der Waals surface area contributed by atoms with E-state index in [4.69, 9.17) is 4.74 Å². The predicted octanol–water partition coefficient (Wildman–Crippen LogP) is 1.72. The van der Waals surface area contributed by atoms with Crippen LogP contribution in [0.1, 0.15) is 46.9 Å². The summed E-state index contributed by atoms with van der Waals surface area (Å²) in [5.41, 5.74) is 4.07. The second-order valence-electron chi connectivity index (χ2n) is 7.34. The first-order valence-corrected chi connectivity index (χ1v) is 10.2. The summed E-state index contributed by atoms with van der Waals surface area (Å²) in [4.78, 5) is 36.5. The maximum absolute atomic E-state index is 13.0. The lowest BCUT2D eigenvalue weighted by Crippen LogP contribution is -2.30. The number of benzene rings is 1. The van der Waals surface area contributed by atoms with Crippen molar-refractivity contribution in [3.8, 4) is 0 Å². The fourth-order valence-corrected chi connectivity index (χ4v) is 3.80. The molecule has 0 aliphatic heterocycles. The molecule has 1 N–H and O–H groups in total. The van der Waals surface area contributed by atoms with E-state index in [1.54, 1.807) is 34.3 Å². The summed E-state index contributed by atoms with van der Waals surface area (Å²) >= 11 is 0. The summed E-state index contributed by atoms with van der Waals surface area (Å²) in [5.74, 6) is -0.821. The number of rotatable bonds is 6. The second-order valence-corrected chi connectivity index (χ2v) is 7.34. The second kappa shape index (κ2) is 8.52. The first kappa shape index (κ1) is 19.9. The van der Waals surface area contributed by atoms with Crippen LogP contribution in [0.2, 0.25) is 0 Å². The van der Waals surface area contributed by atoms with Gasteiger partial charge in [-0.2, -0.15) is 5.10 Å². The van der Waals surface area contributed by atoms with E-state index in [-0.39, 0.29) is 24.6 Å². The molecular weight excluding hydrogens is 384 g/mol. The van der Waals surface area contributed by atoms with E-state index >= 15 is 0 Å². The third-order valence-corrected chi connectivity index (χ3v) is 5.30. The van der Waals surface area contributed by atoms with E-state index < -0.39 is 5.97 Å². The number of carbonyl (C=O) groups excluding carboxylic acids is 2. The summed E-state index contributed by atoms with van der Waals surface area (Å²) in [7, 11) is 0. The molecule has 0 atom stereocenters. The zero-order valence-corrected chi connectivity index (χ0v) is 16.9. The molecule has 156 valence electrons. The number of carbonyl (C=O) groups is 2. The van der Waals surface area contributed by atoms with E-state index in [1.165, 1.54) is 0 Å². The minimum absolute atomic E-state index is 0.0515. The normalized spacial score (nSPS) is 13.1. The van der Waals surface area contributed by atoms with E-state index in [9.17, 15) is 14.4 Å². The van der Waals surface area contributed by atoms with Gasteiger partial charge < -0.3 is 14.6 Å². The van der Waals surface area contributed by atoms with Gasteiger partial charge in [-0.3, -0.25) is 14.4 Å². The first-order chi connectivity index (χ1) is 14.6. The lowest BCUT2D eigenvalue weighted by molar-refractivity contribution is -0.141. The molecule has 0 saturated heterocycles. The molecule has 0 fully saturated rings. The molecule has 3 aromatic rings. The van der Waals surface area contributed by atoms with E-state index in [2.05, 4.69) is 10.4 Å². The molecule has 2 aromatic heterocycles. The number of nitrogens with one attached hydrogen (secondary N) is 1. The smallest absolute Gasteiger partial charge is 0.325 e. The van der Waals surface area contributed by atoms with Crippen molar-refractivity contribution in [3.05, 3.63) is 69.4 Å². The SMILES string of the molecule is CCOC(=O)CNC(=O)c1ccc(Cn2ccn3nc4c(c3c2=O)CCCC4)cc1. The minimum Gasteiger partial charge on any atom is -0.465 e. The maximum Gasteiger partial charge on any atom is 0.325 e. The quantitative estimate of drug-likeness (QED) is 0.627. The molecule has 1 aromatic carbocycles. The van der Waals surface area contributed by atoms with Gasteiger partial charge in [-0.1, -0.05) is 12.1 Å². The van der Waals surface area contributed by atoms with Gasteiger partial charge in [0.05, 0.1) is 18.8 Å². The fourth-order valence-electron chi connectivity index (χ4n) is 3.80. The molecule has 0 radical (unpaired) electrons. The van der Waals surface area contributed by atoms with Gasteiger partial charge in [-0.25, -0.2) is 4.52 Å². The monoisotopic (exact) mass is 408 g/mol. The Morgan fingerprint density at radius 3 is 2.67 bits per heavy atom. The van der Waals surface area contributed by atoms with E-state index in [0.717, 1.165) is 42.5 Å². The number of hydrogen-bond acceptors (Lipinski definition) is 5. The van der Waals surface area contributed by atoms with Gasteiger partial charge in [-0.15, -0.1) is 0 Å². The molecule has 30 heavy (non-hydrogen) atoms. The highest BCUT2D eigenvalue weighted by Crippen LogP contribution is 2.22. The number of nitrogens with zero attached hydrogens (tertiary/aromatic N) is 3. The molecular formula is C22H24N4O4. The van der Waals surface area contributed by atoms with Crippen LogP contribution in [0.4, 0.5) is 0 Å². The zero-order valence-electron chi connectivity index (χ0n) is 16.9. The van der Waals surface area contributed by atoms with E-state index in [1.807, 2.05) is 18.3 Å². The highest BCUT2D eigenvalue weighted by molar-refractivity contribution is 5.95.